The maximum absolute atomic E-state index is 6.24. The van der Waals surface area contributed by atoms with Crippen molar-refractivity contribution >= 4 is 0 Å². The van der Waals surface area contributed by atoms with Crippen molar-refractivity contribution in [2.24, 2.45) is 23.7 Å². The zero-order chi connectivity index (χ0) is 17.8. The second-order valence-corrected chi connectivity index (χ2v) is 9.54. The summed E-state index contributed by atoms with van der Waals surface area (Å²) in [7, 11) is 0. The zero-order valence-electron chi connectivity index (χ0n) is 16.8. The fourth-order valence-electron chi connectivity index (χ4n) is 6.18. The predicted octanol–water partition coefficient (Wildman–Crippen LogP) is 7.32. The van der Waals surface area contributed by atoms with Gasteiger partial charge in [0.15, 0.2) is 0 Å². The molecule has 0 atom stereocenters. The maximum Gasteiger partial charge on any atom is 0.119 e. The second kappa shape index (κ2) is 8.81. The van der Waals surface area contributed by atoms with Crippen LogP contribution in [0.2, 0.25) is 0 Å². The van der Waals surface area contributed by atoms with Crippen LogP contribution in [0.25, 0.3) is 0 Å². The van der Waals surface area contributed by atoms with Gasteiger partial charge in [-0.15, -0.1) is 0 Å². The highest BCUT2D eigenvalue weighted by Crippen LogP contribution is 2.44. The van der Waals surface area contributed by atoms with Crippen LogP contribution in [0.5, 0.6) is 5.75 Å². The van der Waals surface area contributed by atoms with Crippen molar-refractivity contribution in [3.63, 3.8) is 0 Å². The normalized spacial score (nSPS) is 33.7. The molecule has 3 fully saturated rings. The van der Waals surface area contributed by atoms with E-state index in [4.69, 9.17) is 4.74 Å². The van der Waals surface area contributed by atoms with Gasteiger partial charge < -0.3 is 4.74 Å². The molecule has 0 amide bonds. The largest absolute Gasteiger partial charge is 0.490 e. The van der Waals surface area contributed by atoms with Gasteiger partial charge in [-0.25, -0.2) is 0 Å². The Morgan fingerprint density at radius 3 is 1.58 bits per heavy atom. The van der Waals surface area contributed by atoms with Gasteiger partial charge in [-0.1, -0.05) is 49.8 Å². The molecular formula is C25H38O. The van der Waals surface area contributed by atoms with Crippen molar-refractivity contribution in [3.8, 4) is 5.75 Å². The van der Waals surface area contributed by atoms with Crippen molar-refractivity contribution < 1.29 is 4.74 Å². The van der Waals surface area contributed by atoms with Gasteiger partial charge in [-0.3, -0.25) is 0 Å². The van der Waals surface area contributed by atoms with E-state index in [0.29, 0.717) is 6.10 Å². The molecule has 26 heavy (non-hydrogen) atoms. The average Bonchev–Trinajstić information content (AvgIpc) is 2.71. The van der Waals surface area contributed by atoms with Gasteiger partial charge >= 0.3 is 0 Å². The van der Waals surface area contributed by atoms with Crippen molar-refractivity contribution in [2.45, 2.75) is 96.5 Å². The number of aryl methyl sites for hydroxylation is 1. The minimum atomic E-state index is 0.451. The summed E-state index contributed by atoms with van der Waals surface area (Å²) >= 11 is 0. The van der Waals surface area contributed by atoms with Gasteiger partial charge in [-0.2, -0.15) is 0 Å². The molecule has 1 nitrogen and oxygen atoms in total. The highest BCUT2D eigenvalue weighted by atomic mass is 16.5. The van der Waals surface area contributed by atoms with Gasteiger partial charge in [-0.05, 0) is 94.1 Å². The molecule has 0 aromatic heterocycles. The molecule has 1 aromatic rings. The molecule has 144 valence electrons. The second-order valence-electron chi connectivity index (χ2n) is 9.54. The van der Waals surface area contributed by atoms with Crippen LogP contribution in [0.15, 0.2) is 24.3 Å². The summed E-state index contributed by atoms with van der Waals surface area (Å²) in [5, 5.41) is 0. The molecule has 0 unspecified atom stereocenters. The summed E-state index contributed by atoms with van der Waals surface area (Å²) in [5.41, 5.74) is 1.31. The van der Waals surface area contributed by atoms with Crippen LogP contribution in [0.4, 0.5) is 0 Å². The standard InChI is InChI=1S/C25H38O/c1-19-7-15-24(16-8-19)26-25-17-13-23(14-18-25)22-11-9-21(10-12-22)20-5-3-2-4-6-20/h7-8,15-16,20-23,25H,2-6,9-14,17-18H2,1H3. The third-order valence-corrected chi connectivity index (χ3v) is 7.84. The lowest BCUT2D eigenvalue weighted by molar-refractivity contribution is 0.0809. The Labute approximate surface area is 160 Å². The molecule has 1 heteroatoms. The number of rotatable bonds is 4. The van der Waals surface area contributed by atoms with E-state index in [0.717, 1.165) is 29.4 Å². The van der Waals surface area contributed by atoms with E-state index < -0.39 is 0 Å². The highest BCUT2D eigenvalue weighted by molar-refractivity contribution is 5.26. The first-order valence-corrected chi connectivity index (χ1v) is 11.5. The number of benzene rings is 1. The highest BCUT2D eigenvalue weighted by Gasteiger charge is 2.33. The summed E-state index contributed by atoms with van der Waals surface area (Å²) in [6.07, 6.45) is 19.5. The summed E-state index contributed by atoms with van der Waals surface area (Å²) in [4.78, 5) is 0. The number of ether oxygens (including phenoxy) is 1. The lowest BCUT2D eigenvalue weighted by Crippen LogP contribution is -2.31. The molecule has 0 bridgehead atoms. The monoisotopic (exact) mass is 354 g/mol. The van der Waals surface area contributed by atoms with E-state index >= 15 is 0 Å². The van der Waals surface area contributed by atoms with Gasteiger partial charge in [0, 0.05) is 0 Å². The van der Waals surface area contributed by atoms with E-state index in [-0.39, 0.29) is 0 Å². The molecule has 0 radical (unpaired) electrons. The van der Waals surface area contributed by atoms with Crippen molar-refractivity contribution in [1.82, 2.24) is 0 Å². The zero-order valence-corrected chi connectivity index (χ0v) is 16.8. The molecule has 3 aliphatic carbocycles. The Hall–Kier alpha value is -0.980. The van der Waals surface area contributed by atoms with Crippen LogP contribution in [-0.2, 0) is 0 Å². The summed E-state index contributed by atoms with van der Waals surface area (Å²) in [6, 6.07) is 8.58. The third kappa shape index (κ3) is 4.65. The van der Waals surface area contributed by atoms with Crippen molar-refractivity contribution in [2.75, 3.05) is 0 Å². The molecule has 0 N–H and O–H groups in total. The van der Waals surface area contributed by atoms with Crippen molar-refractivity contribution in [3.05, 3.63) is 29.8 Å². The van der Waals surface area contributed by atoms with E-state index in [1.165, 1.54) is 89.0 Å². The van der Waals surface area contributed by atoms with Crippen LogP contribution >= 0.6 is 0 Å². The Bertz CT molecular complexity index is 526. The Balaban J connectivity index is 1.19. The van der Waals surface area contributed by atoms with Crippen LogP contribution in [0.1, 0.15) is 89.0 Å². The molecule has 4 rings (SSSR count). The number of hydrogen-bond acceptors (Lipinski definition) is 1. The van der Waals surface area contributed by atoms with Gasteiger partial charge in [0.25, 0.3) is 0 Å². The average molecular weight is 355 g/mol. The Kier molecular flexibility index (Phi) is 6.23. The smallest absolute Gasteiger partial charge is 0.119 e. The van der Waals surface area contributed by atoms with Gasteiger partial charge in [0.05, 0.1) is 6.10 Å². The molecule has 0 aliphatic heterocycles. The molecule has 3 aliphatic rings. The minimum Gasteiger partial charge on any atom is -0.490 e. The fourth-order valence-corrected chi connectivity index (χ4v) is 6.18. The third-order valence-electron chi connectivity index (χ3n) is 7.84. The summed E-state index contributed by atoms with van der Waals surface area (Å²) in [5.74, 6) is 5.23. The fraction of sp³-hybridized carbons (Fsp3) is 0.760. The topological polar surface area (TPSA) is 9.23 Å². The van der Waals surface area contributed by atoms with E-state index in [1.54, 1.807) is 0 Å². The van der Waals surface area contributed by atoms with Crippen LogP contribution in [0.3, 0.4) is 0 Å². The Morgan fingerprint density at radius 2 is 1.04 bits per heavy atom. The molecule has 0 saturated heterocycles. The van der Waals surface area contributed by atoms with Crippen molar-refractivity contribution in [1.29, 1.82) is 0 Å². The summed E-state index contributed by atoms with van der Waals surface area (Å²) in [6.45, 7) is 2.14. The van der Waals surface area contributed by atoms with Gasteiger partial charge in [0.2, 0.25) is 0 Å². The number of hydrogen-bond donors (Lipinski definition) is 0. The molecule has 1 aromatic carbocycles. The molecular weight excluding hydrogens is 316 g/mol. The van der Waals surface area contributed by atoms with E-state index in [2.05, 4.69) is 31.2 Å². The maximum atomic E-state index is 6.24. The first-order chi connectivity index (χ1) is 12.8. The first-order valence-electron chi connectivity index (χ1n) is 11.5. The van der Waals surface area contributed by atoms with E-state index in [1.807, 2.05) is 0 Å². The summed E-state index contributed by atoms with van der Waals surface area (Å²) < 4.78 is 6.24. The van der Waals surface area contributed by atoms with E-state index in [9.17, 15) is 0 Å². The predicted molar refractivity (Wildman–Crippen MR) is 110 cm³/mol. The Morgan fingerprint density at radius 1 is 0.577 bits per heavy atom. The molecule has 3 saturated carbocycles. The SMILES string of the molecule is Cc1ccc(OC2CCC(C3CCC(C4CCCCC4)CC3)CC2)cc1. The molecule has 0 heterocycles. The lowest BCUT2D eigenvalue weighted by atomic mass is 9.66. The van der Waals surface area contributed by atoms with Crippen LogP contribution in [0, 0.1) is 30.6 Å². The van der Waals surface area contributed by atoms with Crippen LogP contribution < -0.4 is 4.74 Å². The minimum absolute atomic E-state index is 0.451. The quantitative estimate of drug-likeness (QED) is 0.550. The van der Waals surface area contributed by atoms with Crippen LogP contribution in [-0.4, -0.2) is 6.10 Å². The molecule has 0 spiro atoms. The lowest BCUT2D eigenvalue weighted by Gasteiger charge is -2.40. The first kappa shape index (κ1) is 18.4. The van der Waals surface area contributed by atoms with Gasteiger partial charge in [0.1, 0.15) is 5.75 Å².